The molecule has 1 amide bonds. The van der Waals surface area contributed by atoms with Crippen LogP contribution < -0.4 is 5.32 Å². The molecule has 7 nitrogen and oxygen atoms in total. The number of benzene rings is 3. The van der Waals surface area contributed by atoms with Gasteiger partial charge in [-0.05, 0) is 35.9 Å². The van der Waals surface area contributed by atoms with E-state index < -0.39 is 20.9 Å². The van der Waals surface area contributed by atoms with Crippen LogP contribution in [0.4, 0.5) is 10.1 Å². The van der Waals surface area contributed by atoms with Crippen molar-refractivity contribution in [1.82, 2.24) is 10.2 Å². The van der Waals surface area contributed by atoms with Crippen LogP contribution in [0.25, 0.3) is 11.5 Å². The summed E-state index contributed by atoms with van der Waals surface area (Å²) in [4.78, 5) is 12.2. The van der Waals surface area contributed by atoms with E-state index >= 15 is 0 Å². The molecule has 0 fully saturated rings. The van der Waals surface area contributed by atoms with Crippen molar-refractivity contribution in [3.63, 3.8) is 0 Å². The van der Waals surface area contributed by atoms with Crippen LogP contribution in [0.15, 0.2) is 88.5 Å². The number of halogens is 1. The van der Waals surface area contributed by atoms with Crippen LogP contribution in [0.2, 0.25) is 0 Å². The molecule has 0 saturated heterocycles. The number of sulfone groups is 1. The lowest BCUT2D eigenvalue weighted by atomic mass is 10.1. The molecular formula is C22H16FN3O4S. The van der Waals surface area contributed by atoms with Crippen LogP contribution in [-0.4, -0.2) is 24.5 Å². The number of carbonyl (C=O) groups excluding carboxylic acids is 1. The van der Waals surface area contributed by atoms with Crippen LogP contribution in [0, 0.1) is 5.82 Å². The minimum absolute atomic E-state index is 0.0774. The van der Waals surface area contributed by atoms with Crippen LogP contribution in [0.3, 0.4) is 0 Å². The molecule has 4 aromatic rings. The van der Waals surface area contributed by atoms with E-state index in [4.69, 9.17) is 4.42 Å². The van der Waals surface area contributed by atoms with Gasteiger partial charge in [0.1, 0.15) is 5.82 Å². The van der Waals surface area contributed by atoms with E-state index in [0.29, 0.717) is 11.1 Å². The Morgan fingerprint density at radius 1 is 0.935 bits per heavy atom. The van der Waals surface area contributed by atoms with E-state index in [9.17, 15) is 17.6 Å². The Hall–Kier alpha value is -3.85. The van der Waals surface area contributed by atoms with Gasteiger partial charge in [0.05, 0.1) is 11.3 Å². The van der Waals surface area contributed by atoms with Crippen LogP contribution in [0.1, 0.15) is 15.9 Å². The van der Waals surface area contributed by atoms with E-state index in [1.807, 2.05) is 0 Å². The first-order chi connectivity index (χ1) is 14.9. The molecule has 1 aromatic heterocycles. The molecule has 31 heavy (non-hydrogen) atoms. The van der Waals surface area contributed by atoms with Crippen molar-refractivity contribution in [3.8, 4) is 11.5 Å². The number of rotatable bonds is 6. The SMILES string of the molecule is O=C(Nc1ccc(-c2nnc(S(=O)(=O)Cc3ccccc3)o2)c(F)c1)c1ccccc1. The first-order valence-corrected chi connectivity index (χ1v) is 10.8. The van der Waals surface area contributed by atoms with Crippen LogP contribution >= 0.6 is 0 Å². The van der Waals surface area contributed by atoms with Crippen molar-refractivity contribution in [2.24, 2.45) is 0 Å². The van der Waals surface area contributed by atoms with Gasteiger partial charge in [0.25, 0.3) is 11.8 Å². The highest BCUT2D eigenvalue weighted by molar-refractivity contribution is 7.90. The maximum atomic E-state index is 14.6. The third-order valence-electron chi connectivity index (χ3n) is 4.37. The molecule has 0 spiro atoms. The van der Waals surface area contributed by atoms with Crippen molar-refractivity contribution in [3.05, 3.63) is 95.8 Å². The summed E-state index contributed by atoms with van der Waals surface area (Å²) in [7, 11) is -3.89. The highest BCUT2D eigenvalue weighted by Gasteiger charge is 2.24. The van der Waals surface area contributed by atoms with Crippen molar-refractivity contribution in [2.45, 2.75) is 11.0 Å². The Bertz CT molecular complexity index is 1320. The Kier molecular flexibility index (Phi) is 5.59. The average Bonchev–Trinajstić information content (AvgIpc) is 3.26. The van der Waals surface area contributed by atoms with Crippen molar-refractivity contribution < 1.29 is 22.0 Å². The Balaban J connectivity index is 1.53. The number of hydrogen-bond acceptors (Lipinski definition) is 6. The van der Waals surface area contributed by atoms with Gasteiger partial charge in [-0.25, -0.2) is 12.8 Å². The lowest BCUT2D eigenvalue weighted by molar-refractivity contribution is 0.102. The van der Waals surface area contributed by atoms with E-state index in [1.165, 1.54) is 12.1 Å². The molecule has 0 aliphatic carbocycles. The second-order valence-electron chi connectivity index (χ2n) is 6.63. The molecule has 0 aliphatic heterocycles. The first-order valence-electron chi connectivity index (χ1n) is 9.19. The van der Waals surface area contributed by atoms with Gasteiger partial charge in [-0.2, -0.15) is 0 Å². The van der Waals surface area contributed by atoms with Gasteiger partial charge in [0, 0.05) is 11.3 Å². The molecule has 1 heterocycles. The number of anilines is 1. The predicted octanol–water partition coefficient (Wildman–Crippen LogP) is 4.10. The van der Waals surface area contributed by atoms with Crippen molar-refractivity contribution in [2.75, 3.05) is 5.32 Å². The number of nitrogens with zero attached hydrogens (tertiary/aromatic N) is 2. The highest BCUT2D eigenvalue weighted by atomic mass is 32.2. The van der Waals surface area contributed by atoms with Gasteiger partial charge >= 0.3 is 5.22 Å². The van der Waals surface area contributed by atoms with E-state index in [0.717, 1.165) is 6.07 Å². The van der Waals surface area contributed by atoms with Gasteiger partial charge in [-0.3, -0.25) is 4.79 Å². The molecular weight excluding hydrogens is 421 g/mol. The zero-order valence-electron chi connectivity index (χ0n) is 16.0. The monoisotopic (exact) mass is 437 g/mol. The summed E-state index contributed by atoms with van der Waals surface area (Å²) in [6.45, 7) is 0. The molecule has 1 N–H and O–H groups in total. The first kappa shape index (κ1) is 20.4. The van der Waals surface area contributed by atoms with E-state index in [-0.39, 0.29) is 28.8 Å². The summed E-state index contributed by atoms with van der Waals surface area (Å²) >= 11 is 0. The minimum atomic E-state index is -3.89. The standard InChI is InChI=1S/C22H16FN3O4S/c23-19-13-17(24-20(27)16-9-5-2-6-10-16)11-12-18(19)21-25-26-22(30-21)31(28,29)14-15-7-3-1-4-8-15/h1-13H,14H2,(H,24,27). The zero-order valence-corrected chi connectivity index (χ0v) is 16.8. The normalized spacial score (nSPS) is 11.3. The molecule has 9 heteroatoms. The number of amides is 1. The lowest BCUT2D eigenvalue weighted by Gasteiger charge is -2.06. The second kappa shape index (κ2) is 8.49. The van der Waals surface area contributed by atoms with E-state index in [2.05, 4.69) is 15.5 Å². The van der Waals surface area contributed by atoms with Crippen LogP contribution in [-0.2, 0) is 15.6 Å². The van der Waals surface area contributed by atoms with Gasteiger partial charge in [0.2, 0.25) is 9.84 Å². The summed E-state index contributed by atoms with van der Waals surface area (Å²) in [5, 5.41) is 9.24. The smallest absolute Gasteiger partial charge is 0.336 e. The molecule has 0 saturated carbocycles. The quantitative estimate of drug-likeness (QED) is 0.487. The molecule has 156 valence electrons. The van der Waals surface area contributed by atoms with E-state index in [1.54, 1.807) is 60.7 Å². The lowest BCUT2D eigenvalue weighted by Crippen LogP contribution is -2.11. The Morgan fingerprint density at radius 3 is 2.29 bits per heavy atom. The number of carbonyl (C=O) groups is 1. The molecule has 3 aromatic carbocycles. The molecule has 0 unspecified atom stereocenters. The molecule has 0 atom stereocenters. The van der Waals surface area contributed by atoms with Gasteiger partial charge < -0.3 is 9.73 Å². The fourth-order valence-corrected chi connectivity index (χ4v) is 3.98. The van der Waals surface area contributed by atoms with Gasteiger partial charge in [0.15, 0.2) is 0 Å². The second-order valence-corrected chi connectivity index (χ2v) is 8.50. The minimum Gasteiger partial charge on any atom is -0.408 e. The summed E-state index contributed by atoms with van der Waals surface area (Å²) in [6, 6.07) is 20.9. The third kappa shape index (κ3) is 4.67. The van der Waals surface area contributed by atoms with Crippen molar-refractivity contribution in [1.29, 1.82) is 0 Å². The fraction of sp³-hybridized carbons (Fsp3) is 0.0455. The predicted molar refractivity (Wildman–Crippen MR) is 111 cm³/mol. The Labute approximate surface area is 177 Å². The summed E-state index contributed by atoms with van der Waals surface area (Å²) in [5.74, 6) is -1.73. The topological polar surface area (TPSA) is 102 Å². The van der Waals surface area contributed by atoms with Crippen LogP contribution in [0.5, 0.6) is 0 Å². The maximum Gasteiger partial charge on any atom is 0.336 e. The Morgan fingerprint density at radius 2 is 1.61 bits per heavy atom. The highest BCUT2D eigenvalue weighted by Crippen LogP contribution is 2.26. The average molecular weight is 437 g/mol. The number of nitrogens with one attached hydrogen (secondary N) is 1. The number of aromatic nitrogens is 2. The largest absolute Gasteiger partial charge is 0.408 e. The molecule has 0 bridgehead atoms. The molecule has 0 radical (unpaired) electrons. The third-order valence-corrected chi connectivity index (χ3v) is 5.78. The fourth-order valence-electron chi connectivity index (χ4n) is 2.86. The molecule has 4 rings (SSSR count). The molecule has 0 aliphatic rings. The van der Waals surface area contributed by atoms with Crippen molar-refractivity contribution >= 4 is 21.4 Å². The summed E-state index contributed by atoms with van der Waals surface area (Å²) < 4.78 is 44.9. The number of hydrogen-bond donors (Lipinski definition) is 1. The summed E-state index contributed by atoms with van der Waals surface area (Å²) in [5.41, 5.74) is 1.14. The zero-order chi connectivity index (χ0) is 21.8. The van der Waals surface area contributed by atoms with Gasteiger partial charge in [-0.1, -0.05) is 53.6 Å². The summed E-state index contributed by atoms with van der Waals surface area (Å²) in [6.07, 6.45) is 0. The van der Waals surface area contributed by atoms with Gasteiger partial charge in [-0.15, -0.1) is 5.10 Å². The maximum absolute atomic E-state index is 14.6.